The Kier molecular flexibility index (Phi) is 8.97. The van der Waals surface area contributed by atoms with Gasteiger partial charge in [0, 0.05) is 25.4 Å². The lowest BCUT2D eigenvalue weighted by Crippen LogP contribution is -2.37. The van der Waals surface area contributed by atoms with Crippen LogP contribution in [0.1, 0.15) is 13.8 Å². The minimum atomic E-state index is -0.390. The molecule has 0 aliphatic carbocycles. The van der Waals surface area contributed by atoms with E-state index in [-0.39, 0.29) is 6.10 Å². The van der Waals surface area contributed by atoms with Crippen LogP contribution in [0.15, 0.2) is 0 Å². The van der Waals surface area contributed by atoms with Crippen LogP contribution in [0.3, 0.4) is 0 Å². The van der Waals surface area contributed by atoms with Gasteiger partial charge in [-0.1, -0.05) is 6.92 Å². The summed E-state index contributed by atoms with van der Waals surface area (Å²) in [6.07, 6.45) is -0.390. The fraction of sp³-hybridized carbons (Fsp3) is 1.00. The van der Waals surface area contributed by atoms with Crippen LogP contribution in [-0.4, -0.2) is 49.0 Å². The molecular weight excluding hydrogens is 186 g/mol. The van der Waals surface area contributed by atoms with Crippen molar-refractivity contribution in [2.45, 2.75) is 26.0 Å². The molecule has 2 atom stereocenters. The second-order valence-corrected chi connectivity index (χ2v) is 4.40. The highest BCUT2D eigenvalue weighted by Crippen LogP contribution is 2.00. The van der Waals surface area contributed by atoms with Gasteiger partial charge in [-0.2, -0.15) is 11.8 Å². The van der Waals surface area contributed by atoms with E-state index < -0.39 is 0 Å². The number of nitrogens with one attached hydrogen (secondary N) is 1. The van der Waals surface area contributed by atoms with E-state index >= 15 is 0 Å². The normalized spacial score (nSPS) is 15.7. The molecule has 0 aromatic rings. The monoisotopic (exact) mass is 207 g/mol. The maximum atomic E-state index is 9.33. The van der Waals surface area contributed by atoms with Gasteiger partial charge in [0.15, 0.2) is 0 Å². The Labute approximate surface area is 85.2 Å². The van der Waals surface area contributed by atoms with Crippen molar-refractivity contribution in [2.75, 3.05) is 31.8 Å². The van der Waals surface area contributed by atoms with Crippen molar-refractivity contribution < 1.29 is 9.84 Å². The summed E-state index contributed by atoms with van der Waals surface area (Å²) in [5.41, 5.74) is 0. The maximum absolute atomic E-state index is 9.33. The molecule has 0 rings (SSSR count). The molecule has 0 saturated heterocycles. The minimum Gasteiger partial charge on any atom is -0.389 e. The zero-order chi connectivity index (χ0) is 10.1. The maximum Gasteiger partial charge on any atom is 0.0897 e. The van der Waals surface area contributed by atoms with Crippen LogP contribution in [0.25, 0.3) is 0 Å². The van der Waals surface area contributed by atoms with Gasteiger partial charge in [0.05, 0.1) is 12.7 Å². The molecule has 0 fully saturated rings. The molecule has 0 aliphatic heterocycles. The molecule has 0 bridgehead atoms. The first-order chi connectivity index (χ1) is 6.20. The standard InChI is InChI=1S/C9H21NO2S/c1-4-13-7-8(2)10-5-9(11)6-12-3/h8-11H,4-7H2,1-3H3. The molecule has 2 unspecified atom stereocenters. The Morgan fingerprint density at radius 3 is 2.77 bits per heavy atom. The number of methoxy groups -OCH3 is 1. The molecule has 0 spiro atoms. The Morgan fingerprint density at radius 1 is 1.54 bits per heavy atom. The molecule has 0 aromatic carbocycles. The van der Waals surface area contributed by atoms with Crippen LogP contribution >= 0.6 is 11.8 Å². The Hall–Kier alpha value is 0.230. The predicted molar refractivity (Wildman–Crippen MR) is 58.3 cm³/mol. The second kappa shape index (κ2) is 8.81. The largest absolute Gasteiger partial charge is 0.389 e. The molecule has 0 radical (unpaired) electrons. The van der Waals surface area contributed by atoms with Crippen molar-refractivity contribution in [1.29, 1.82) is 0 Å². The molecule has 0 saturated carbocycles. The molecular formula is C9H21NO2S. The van der Waals surface area contributed by atoms with Crippen molar-refractivity contribution in [1.82, 2.24) is 5.32 Å². The highest BCUT2D eigenvalue weighted by molar-refractivity contribution is 7.99. The number of hydrogen-bond donors (Lipinski definition) is 2. The van der Waals surface area contributed by atoms with Crippen LogP contribution in [0.4, 0.5) is 0 Å². The molecule has 80 valence electrons. The first kappa shape index (κ1) is 13.2. The molecule has 0 heterocycles. The zero-order valence-electron chi connectivity index (χ0n) is 8.75. The minimum absolute atomic E-state index is 0.390. The average molecular weight is 207 g/mol. The van der Waals surface area contributed by atoms with Gasteiger partial charge in [0.2, 0.25) is 0 Å². The lowest BCUT2D eigenvalue weighted by molar-refractivity contribution is 0.0635. The Balaban J connectivity index is 3.29. The summed E-state index contributed by atoms with van der Waals surface area (Å²) in [5.74, 6) is 2.24. The van der Waals surface area contributed by atoms with Crippen molar-refractivity contribution in [2.24, 2.45) is 0 Å². The third-order valence-corrected chi connectivity index (χ3v) is 2.78. The van der Waals surface area contributed by atoms with Crippen LogP contribution in [0.5, 0.6) is 0 Å². The van der Waals surface area contributed by atoms with Gasteiger partial charge in [-0.15, -0.1) is 0 Å². The predicted octanol–water partition coefficient (Wildman–Crippen LogP) is 0.725. The molecule has 0 aromatic heterocycles. The highest BCUT2D eigenvalue weighted by Gasteiger charge is 2.05. The third-order valence-electron chi connectivity index (χ3n) is 1.63. The summed E-state index contributed by atoms with van der Waals surface area (Å²) in [4.78, 5) is 0. The summed E-state index contributed by atoms with van der Waals surface area (Å²) in [5, 5.41) is 12.6. The molecule has 2 N–H and O–H groups in total. The smallest absolute Gasteiger partial charge is 0.0897 e. The highest BCUT2D eigenvalue weighted by atomic mass is 32.2. The topological polar surface area (TPSA) is 41.5 Å². The fourth-order valence-electron chi connectivity index (χ4n) is 0.942. The molecule has 4 heteroatoms. The van der Waals surface area contributed by atoms with E-state index in [1.54, 1.807) is 7.11 Å². The SMILES string of the molecule is CCSCC(C)NCC(O)COC. The first-order valence-electron chi connectivity index (χ1n) is 4.68. The fourth-order valence-corrected chi connectivity index (χ4v) is 1.65. The van der Waals surface area contributed by atoms with Crippen LogP contribution < -0.4 is 5.32 Å². The number of ether oxygens (including phenoxy) is 1. The van der Waals surface area contributed by atoms with E-state index in [0.717, 1.165) is 11.5 Å². The molecule has 3 nitrogen and oxygen atoms in total. The van der Waals surface area contributed by atoms with E-state index in [2.05, 4.69) is 19.2 Å². The van der Waals surface area contributed by atoms with Gasteiger partial charge in [0.1, 0.15) is 0 Å². The lowest BCUT2D eigenvalue weighted by Gasteiger charge is -2.15. The lowest BCUT2D eigenvalue weighted by atomic mass is 10.3. The summed E-state index contributed by atoms with van der Waals surface area (Å²) in [6, 6.07) is 0.455. The number of aliphatic hydroxyl groups is 1. The number of thioether (sulfide) groups is 1. The number of hydrogen-bond acceptors (Lipinski definition) is 4. The van der Waals surface area contributed by atoms with E-state index in [1.807, 2.05) is 11.8 Å². The first-order valence-corrected chi connectivity index (χ1v) is 5.84. The van der Waals surface area contributed by atoms with Gasteiger partial charge in [-0.05, 0) is 12.7 Å². The number of rotatable bonds is 8. The van der Waals surface area contributed by atoms with Crippen molar-refractivity contribution in [3.63, 3.8) is 0 Å². The average Bonchev–Trinajstić information content (AvgIpc) is 2.12. The molecule has 0 aliphatic rings. The van der Waals surface area contributed by atoms with Gasteiger partial charge in [-0.3, -0.25) is 0 Å². The van der Waals surface area contributed by atoms with Crippen molar-refractivity contribution in [3.8, 4) is 0 Å². The second-order valence-electron chi connectivity index (χ2n) is 3.08. The van der Waals surface area contributed by atoms with E-state index in [9.17, 15) is 5.11 Å². The summed E-state index contributed by atoms with van der Waals surface area (Å²) in [7, 11) is 1.60. The van der Waals surface area contributed by atoms with Gasteiger partial charge in [0.25, 0.3) is 0 Å². The van der Waals surface area contributed by atoms with Crippen molar-refractivity contribution >= 4 is 11.8 Å². The van der Waals surface area contributed by atoms with E-state index in [4.69, 9.17) is 4.74 Å². The molecule has 13 heavy (non-hydrogen) atoms. The molecule has 0 amide bonds. The van der Waals surface area contributed by atoms with Gasteiger partial charge >= 0.3 is 0 Å². The van der Waals surface area contributed by atoms with Gasteiger partial charge < -0.3 is 15.2 Å². The van der Waals surface area contributed by atoms with Crippen LogP contribution in [0, 0.1) is 0 Å². The Bertz CT molecular complexity index is 114. The summed E-state index contributed by atoms with van der Waals surface area (Å²) >= 11 is 1.91. The van der Waals surface area contributed by atoms with E-state index in [0.29, 0.717) is 19.2 Å². The third kappa shape index (κ3) is 8.56. The van der Waals surface area contributed by atoms with Gasteiger partial charge in [-0.25, -0.2) is 0 Å². The number of aliphatic hydroxyl groups excluding tert-OH is 1. The zero-order valence-corrected chi connectivity index (χ0v) is 9.56. The summed E-state index contributed by atoms with van der Waals surface area (Å²) in [6.45, 7) is 5.29. The Morgan fingerprint density at radius 2 is 2.23 bits per heavy atom. The van der Waals surface area contributed by atoms with Crippen molar-refractivity contribution in [3.05, 3.63) is 0 Å². The quantitative estimate of drug-likeness (QED) is 0.615. The van der Waals surface area contributed by atoms with Crippen LogP contribution in [0.2, 0.25) is 0 Å². The van der Waals surface area contributed by atoms with E-state index in [1.165, 1.54) is 0 Å². The van der Waals surface area contributed by atoms with Crippen LogP contribution in [-0.2, 0) is 4.74 Å². The summed E-state index contributed by atoms with van der Waals surface area (Å²) < 4.78 is 4.82.